The summed E-state index contributed by atoms with van der Waals surface area (Å²) in [5, 5.41) is 2.42. The molecule has 0 fully saturated rings. The second-order valence-corrected chi connectivity index (χ2v) is 5.69. The number of carbonyl (C=O) groups is 3. The molecule has 8 nitrogen and oxygen atoms in total. The molecule has 3 N–H and O–H groups in total. The Bertz CT molecular complexity index is 888. The third kappa shape index (κ3) is 6.20. The Morgan fingerprint density at radius 3 is 2.28 bits per heavy atom. The molecule has 0 aromatic heterocycles. The van der Waals surface area contributed by atoms with Gasteiger partial charge >= 0.3 is 0 Å². The van der Waals surface area contributed by atoms with Gasteiger partial charge in [-0.15, -0.1) is 0 Å². The smallest absolute Gasteiger partial charge is 0.272 e. The predicted octanol–water partition coefficient (Wildman–Crippen LogP) is 1.81. The molecule has 154 valence electrons. The van der Waals surface area contributed by atoms with Crippen LogP contribution in [0.3, 0.4) is 0 Å². The Morgan fingerprint density at radius 2 is 1.59 bits per heavy atom. The van der Waals surface area contributed by atoms with Gasteiger partial charge in [0.2, 0.25) is 0 Å². The third-order valence-electron chi connectivity index (χ3n) is 3.65. The number of hydrazine groups is 1. The van der Waals surface area contributed by atoms with Crippen molar-refractivity contribution in [3.63, 3.8) is 0 Å². The molecule has 0 spiro atoms. The van der Waals surface area contributed by atoms with Gasteiger partial charge in [0.05, 0.1) is 25.3 Å². The Labute approximate surface area is 167 Å². The minimum atomic E-state index is -0.810. The van der Waals surface area contributed by atoms with E-state index < -0.39 is 30.1 Å². The van der Waals surface area contributed by atoms with Gasteiger partial charge in [-0.1, -0.05) is 12.1 Å². The number of ether oxygens (including phenoxy) is 2. The van der Waals surface area contributed by atoms with E-state index in [1.54, 1.807) is 12.1 Å². The molecular formula is C20H22FN3O5. The SMILES string of the molecule is CCOc1ccc(C(=O)NCC(=O)NNC(=O)c2ccccc2F)cc1OCC. The zero-order chi connectivity index (χ0) is 21.2. The number of hydrogen-bond acceptors (Lipinski definition) is 5. The van der Waals surface area contributed by atoms with E-state index in [0.717, 1.165) is 6.07 Å². The van der Waals surface area contributed by atoms with Crippen LogP contribution in [0.25, 0.3) is 0 Å². The van der Waals surface area contributed by atoms with E-state index >= 15 is 0 Å². The van der Waals surface area contributed by atoms with E-state index in [0.29, 0.717) is 24.7 Å². The largest absolute Gasteiger partial charge is 0.490 e. The van der Waals surface area contributed by atoms with E-state index in [4.69, 9.17) is 9.47 Å². The van der Waals surface area contributed by atoms with Crippen LogP contribution in [0.15, 0.2) is 42.5 Å². The summed E-state index contributed by atoms with van der Waals surface area (Å²) in [4.78, 5) is 35.9. The molecule has 0 saturated heterocycles. The molecule has 9 heteroatoms. The summed E-state index contributed by atoms with van der Waals surface area (Å²) in [5.74, 6) is -1.78. The second-order valence-electron chi connectivity index (χ2n) is 5.69. The first kappa shape index (κ1) is 21.7. The standard InChI is InChI=1S/C20H22FN3O5/c1-3-28-16-10-9-13(11-17(16)29-4-2)19(26)22-12-18(25)23-24-20(27)14-7-5-6-8-15(14)21/h5-11H,3-4,12H2,1-2H3,(H,22,26)(H,23,25)(H,24,27). The number of nitrogens with one attached hydrogen (secondary N) is 3. The lowest BCUT2D eigenvalue weighted by atomic mass is 10.2. The predicted molar refractivity (Wildman–Crippen MR) is 103 cm³/mol. The third-order valence-corrected chi connectivity index (χ3v) is 3.65. The first-order chi connectivity index (χ1) is 14.0. The molecule has 0 aliphatic heterocycles. The van der Waals surface area contributed by atoms with Crippen LogP contribution in [0.5, 0.6) is 11.5 Å². The second kappa shape index (κ2) is 10.6. The maximum atomic E-state index is 13.5. The maximum Gasteiger partial charge on any atom is 0.272 e. The molecule has 0 heterocycles. The van der Waals surface area contributed by atoms with Crippen molar-refractivity contribution >= 4 is 17.7 Å². The van der Waals surface area contributed by atoms with E-state index in [9.17, 15) is 18.8 Å². The summed E-state index contributed by atoms with van der Waals surface area (Å²) in [7, 11) is 0. The molecule has 2 rings (SSSR count). The van der Waals surface area contributed by atoms with Crippen LogP contribution in [0.1, 0.15) is 34.6 Å². The monoisotopic (exact) mass is 403 g/mol. The summed E-state index contributed by atoms with van der Waals surface area (Å²) in [5.41, 5.74) is 4.26. The van der Waals surface area contributed by atoms with Gasteiger partial charge in [-0.3, -0.25) is 25.2 Å². The normalized spacial score (nSPS) is 10.0. The van der Waals surface area contributed by atoms with Gasteiger partial charge in [-0.25, -0.2) is 4.39 Å². The van der Waals surface area contributed by atoms with Crippen molar-refractivity contribution in [2.45, 2.75) is 13.8 Å². The molecule has 0 aliphatic carbocycles. The fourth-order valence-electron chi connectivity index (χ4n) is 2.34. The van der Waals surface area contributed by atoms with Gasteiger partial charge in [-0.05, 0) is 44.2 Å². The van der Waals surface area contributed by atoms with Crippen molar-refractivity contribution in [1.82, 2.24) is 16.2 Å². The van der Waals surface area contributed by atoms with E-state index in [1.807, 2.05) is 13.8 Å². The molecule has 2 aromatic carbocycles. The zero-order valence-electron chi connectivity index (χ0n) is 16.1. The van der Waals surface area contributed by atoms with Crippen molar-refractivity contribution < 1.29 is 28.2 Å². The van der Waals surface area contributed by atoms with Crippen LogP contribution < -0.4 is 25.6 Å². The van der Waals surface area contributed by atoms with Crippen LogP contribution in [-0.4, -0.2) is 37.5 Å². The molecule has 0 bridgehead atoms. The van der Waals surface area contributed by atoms with Gasteiger partial charge in [0.1, 0.15) is 5.82 Å². The lowest BCUT2D eigenvalue weighted by Gasteiger charge is -2.12. The van der Waals surface area contributed by atoms with Crippen LogP contribution >= 0.6 is 0 Å². The van der Waals surface area contributed by atoms with Crippen LogP contribution in [-0.2, 0) is 4.79 Å². The van der Waals surface area contributed by atoms with Crippen molar-refractivity contribution in [2.75, 3.05) is 19.8 Å². The van der Waals surface area contributed by atoms with E-state index in [1.165, 1.54) is 24.3 Å². The van der Waals surface area contributed by atoms with Crippen molar-refractivity contribution in [3.05, 3.63) is 59.4 Å². The Hall–Kier alpha value is -3.62. The van der Waals surface area contributed by atoms with Crippen LogP contribution in [0.2, 0.25) is 0 Å². The highest BCUT2D eigenvalue weighted by atomic mass is 19.1. The lowest BCUT2D eigenvalue weighted by molar-refractivity contribution is -0.120. The minimum absolute atomic E-state index is 0.213. The topological polar surface area (TPSA) is 106 Å². The molecule has 0 aliphatic rings. The highest BCUT2D eigenvalue weighted by Gasteiger charge is 2.14. The fraction of sp³-hybridized carbons (Fsp3) is 0.250. The quantitative estimate of drug-likeness (QED) is 0.583. The highest BCUT2D eigenvalue weighted by molar-refractivity contribution is 5.98. The number of carbonyl (C=O) groups excluding carboxylic acids is 3. The zero-order valence-corrected chi connectivity index (χ0v) is 16.1. The molecular weight excluding hydrogens is 381 g/mol. The molecule has 29 heavy (non-hydrogen) atoms. The number of halogens is 1. The van der Waals surface area contributed by atoms with Gasteiger partial charge in [-0.2, -0.15) is 0 Å². The Morgan fingerprint density at radius 1 is 0.897 bits per heavy atom. The average Bonchev–Trinajstić information content (AvgIpc) is 2.72. The van der Waals surface area contributed by atoms with Crippen molar-refractivity contribution in [1.29, 1.82) is 0 Å². The first-order valence-corrected chi connectivity index (χ1v) is 8.97. The van der Waals surface area contributed by atoms with Gasteiger partial charge in [0.15, 0.2) is 11.5 Å². The average molecular weight is 403 g/mol. The van der Waals surface area contributed by atoms with Crippen molar-refractivity contribution in [3.8, 4) is 11.5 Å². The summed E-state index contributed by atoms with van der Waals surface area (Å²) in [6.07, 6.45) is 0. The maximum absolute atomic E-state index is 13.5. The molecule has 0 atom stereocenters. The summed E-state index contributed by atoms with van der Waals surface area (Å²) >= 11 is 0. The van der Waals surface area contributed by atoms with Gasteiger partial charge in [0, 0.05) is 5.56 Å². The van der Waals surface area contributed by atoms with Gasteiger partial charge in [0.25, 0.3) is 17.7 Å². The highest BCUT2D eigenvalue weighted by Crippen LogP contribution is 2.28. The first-order valence-electron chi connectivity index (χ1n) is 8.97. The van der Waals surface area contributed by atoms with Crippen LogP contribution in [0.4, 0.5) is 4.39 Å². The molecule has 0 radical (unpaired) electrons. The molecule has 2 aromatic rings. The number of rotatable bonds is 8. The fourth-order valence-corrected chi connectivity index (χ4v) is 2.34. The summed E-state index contributed by atoms with van der Waals surface area (Å²) in [6.45, 7) is 4.09. The van der Waals surface area contributed by atoms with Crippen molar-refractivity contribution in [2.24, 2.45) is 0 Å². The molecule has 3 amide bonds. The lowest BCUT2D eigenvalue weighted by Crippen LogP contribution is -2.46. The summed E-state index contributed by atoms with van der Waals surface area (Å²) < 4.78 is 24.4. The Balaban J connectivity index is 1.88. The number of hydrogen-bond donors (Lipinski definition) is 3. The summed E-state index contributed by atoms with van der Waals surface area (Å²) in [6, 6.07) is 10.0. The van der Waals surface area contributed by atoms with E-state index in [-0.39, 0.29) is 11.1 Å². The minimum Gasteiger partial charge on any atom is -0.490 e. The molecule has 0 saturated carbocycles. The van der Waals surface area contributed by atoms with Gasteiger partial charge < -0.3 is 14.8 Å². The number of amides is 3. The number of benzene rings is 2. The van der Waals surface area contributed by atoms with E-state index in [2.05, 4.69) is 16.2 Å². The van der Waals surface area contributed by atoms with Crippen LogP contribution in [0, 0.1) is 5.82 Å². The Kier molecular flexibility index (Phi) is 7.96. The molecule has 0 unspecified atom stereocenters.